The topological polar surface area (TPSA) is 61.8 Å². The van der Waals surface area contributed by atoms with Gasteiger partial charge in [0.2, 0.25) is 0 Å². The SMILES string of the molecule is Cc1ccc(Oc2cc3c(cc2-c2ccc(F)c(C(=O)O)c2)SNCN3c2ccccc2)cc1F. The van der Waals surface area contributed by atoms with Crippen LogP contribution in [0.4, 0.5) is 20.2 Å². The highest BCUT2D eigenvalue weighted by Crippen LogP contribution is 2.45. The minimum Gasteiger partial charge on any atom is -0.478 e. The summed E-state index contributed by atoms with van der Waals surface area (Å²) in [6.07, 6.45) is 0. The highest BCUT2D eigenvalue weighted by molar-refractivity contribution is 7.97. The number of carboxylic acid groups (broad SMARTS) is 1. The maximum atomic E-state index is 14.2. The van der Waals surface area contributed by atoms with E-state index in [-0.39, 0.29) is 0 Å². The lowest BCUT2D eigenvalue weighted by Gasteiger charge is -2.32. The third-order valence-corrected chi connectivity index (χ3v) is 6.52. The smallest absolute Gasteiger partial charge is 0.338 e. The highest BCUT2D eigenvalue weighted by atomic mass is 32.2. The number of benzene rings is 4. The van der Waals surface area contributed by atoms with Gasteiger partial charge in [-0.2, -0.15) is 0 Å². The predicted octanol–water partition coefficient (Wildman–Crippen LogP) is 7.14. The molecule has 35 heavy (non-hydrogen) atoms. The number of carbonyl (C=O) groups is 1. The van der Waals surface area contributed by atoms with Crippen LogP contribution in [-0.4, -0.2) is 17.7 Å². The van der Waals surface area contributed by atoms with E-state index in [0.29, 0.717) is 34.9 Å². The number of ether oxygens (including phenoxy) is 1. The lowest BCUT2D eigenvalue weighted by molar-refractivity contribution is 0.0692. The summed E-state index contributed by atoms with van der Waals surface area (Å²) in [6, 6.07) is 22.0. The van der Waals surface area contributed by atoms with E-state index < -0.39 is 23.2 Å². The Hall–Kier alpha value is -3.88. The van der Waals surface area contributed by atoms with Crippen LogP contribution in [0.5, 0.6) is 11.5 Å². The Kier molecular flexibility index (Phi) is 6.15. The predicted molar refractivity (Wildman–Crippen MR) is 132 cm³/mol. The van der Waals surface area contributed by atoms with Crippen LogP contribution in [-0.2, 0) is 0 Å². The van der Waals surface area contributed by atoms with Crippen LogP contribution >= 0.6 is 11.9 Å². The van der Waals surface area contributed by atoms with Crippen LogP contribution < -0.4 is 14.4 Å². The van der Waals surface area contributed by atoms with Crippen LogP contribution in [0.3, 0.4) is 0 Å². The summed E-state index contributed by atoms with van der Waals surface area (Å²) >= 11 is 1.43. The van der Waals surface area contributed by atoms with E-state index in [2.05, 4.69) is 9.62 Å². The fourth-order valence-corrected chi connectivity index (χ4v) is 4.67. The fraction of sp³-hybridized carbons (Fsp3) is 0.0741. The van der Waals surface area contributed by atoms with Gasteiger partial charge in [0.25, 0.3) is 0 Å². The zero-order valence-electron chi connectivity index (χ0n) is 18.6. The number of hydrogen-bond acceptors (Lipinski definition) is 5. The minimum atomic E-state index is -1.36. The van der Waals surface area contributed by atoms with E-state index in [1.807, 2.05) is 42.5 Å². The quantitative estimate of drug-likeness (QED) is 0.290. The summed E-state index contributed by atoms with van der Waals surface area (Å²) in [5.41, 5.74) is 2.90. The van der Waals surface area contributed by atoms with Crippen molar-refractivity contribution >= 4 is 29.3 Å². The average molecular weight is 491 g/mol. The van der Waals surface area contributed by atoms with Gasteiger partial charge in [0.15, 0.2) is 0 Å². The van der Waals surface area contributed by atoms with Crippen LogP contribution in [0.25, 0.3) is 11.1 Å². The summed E-state index contributed by atoms with van der Waals surface area (Å²) in [6.45, 7) is 2.21. The normalized spacial score (nSPS) is 12.8. The molecule has 0 saturated heterocycles. The molecule has 0 aromatic heterocycles. The standard InChI is InChI=1S/C27H20F2N2O3S/c1-16-7-9-19(12-23(16)29)34-25-14-24-26(35-30-15-31(24)18-5-3-2-4-6-18)13-20(25)17-8-10-22(28)21(11-17)27(32)33/h2-14,30H,15H2,1H3,(H,32,33). The molecule has 5 nitrogen and oxygen atoms in total. The van der Waals surface area contributed by atoms with Gasteiger partial charge in [-0.3, -0.25) is 0 Å². The Morgan fingerprint density at radius 3 is 2.54 bits per heavy atom. The monoisotopic (exact) mass is 490 g/mol. The lowest BCUT2D eigenvalue weighted by atomic mass is 10.0. The molecule has 0 fully saturated rings. The van der Waals surface area contributed by atoms with Gasteiger partial charge in [-0.25, -0.2) is 18.3 Å². The van der Waals surface area contributed by atoms with Crippen molar-refractivity contribution in [2.75, 3.05) is 11.6 Å². The molecule has 0 bridgehead atoms. The molecule has 0 amide bonds. The van der Waals surface area contributed by atoms with E-state index in [1.54, 1.807) is 19.1 Å². The molecule has 0 spiro atoms. The van der Waals surface area contributed by atoms with Crippen LogP contribution in [0.15, 0.2) is 83.8 Å². The zero-order valence-corrected chi connectivity index (χ0v) is 19.4. The summed E-state index contributed by atoms with van der Waals surface area (Å²) in [5, 5.41) is 9.42. The molecule has 4 aromatic carbocycles. The summed E-state index contributed by atoms with van der Waals surface area (Å²) in [4.78, 5) is 14.5. The number of fused-ring (bicyclic) bond motifs is 1. The third kappa shape index (κ3) is 4.58. The van der Waals surface area contributed by atoms with Gasteiger partial charge in [-0.15, -0.1) is 0 Å². The number of anilines is 2. The maximum Gasteiger partial charge on any atom is 0.338 e. The van der Waals surface area contributed by atoms with Gasteiger partial charge in [0.05, 0.1) is 17.9 Å². The van der Waals surface area contributed by atoms with Crippen LogP contribution in [0.2, 0.25) is 0 Å². The van der Waals surface area contributed by atoms with Gasteiger partial charge >= 0.3 is 5.97 Å². The number of halogens is 2. The van der Waals surface area contributed by atoms with Gasteiger partial charge in [-0.1, -0.05) is 30.3 Å². The highest BCUT2D eigenvalue weighted by Gasteiger charge is 2.24. The number of aromatic carboxylic acids is 1. The van der Waals surface area contributed by atoms with Crippen molar-refractivity contribution in [2.45, 2.75) is 11.8 Å². The Morgan fingerprint density at radius 1 is 1.00 bits per heavy atom. The summed E-state index contributed by atoms with van der Waals surface area (Å²) < 4.78 is 37.8. The fourth-order valence-electron chi connectivity index (χ4n) is 3.87. The lowest BCUT2D eigenvalue weighted by Crippen LogP contribution is -2.30. The number of para-hydroxylation sites is 1. The molecule has 176 valence electrons. The van der Waals surface area contributed by atoms with Gasteiger partial charge in [0, 0.05) is 28.3 Å². The molecule has 2 N–H and O–H groups in total. The molecule has 4 aromatic rings. The van der Waals surface area contributed by atoms with Crippen molar-refractivity contribution < 1.29 is 23.4 Å². The van der Waals surface area contributed by atoms with Gasteiger partial charge < -0.3 is 14.7 Å². The molecular weight excluding hydrogens is 470 g/mol. The minimum absolute atomic E-state index is 0.294. The number of rotatable bonds is 5. The molecule has 0 saturated carbocycles. The molecule has 1 aliphatic rings. The first-order valence-corrected chi connectivity index (χ1v) is 11.6. The van der Waals surface area contributed by atoms with E-state index in [9.17, 15) is 18.7 Å². The number of carboxylic acids is 1. The molecule has 0 unspecified atom stereocenters. The van der Waals surface area contributed by atoms with Gasteiger partial charge in [0.1, 0.15) is 23.1 Å². The van der Waals surface area contributed by atoms with Crippen LogP contribution in [0.1, 0.15) is 15.9 Å². The first-order valence-electron chi connectivity index (χ1n) is 10.8. The first-order chi connectivity index (χ1) is 16.9. The van der Waals surface area contributed by atoms with E-state index in [0.717, 1.165) is 22.3 Å². The Balaban J connectivity index is 1.68. The second-order valence-corrected chi connectivity index (χ2v) is 8.93. The molecule has 1 aliphatic heterocycles. The largest absolute Gasteiger partial charge is 0.478 e. The van der Waals surface area contributed by atoms with Crippen molar-refractivity contribution in [1.82, 2.24) is 4.72 Å². The van der Waals surface area contributed by atoms with Crippen molar-refractivity contribution in [3.05, 3.63) is 102 Å². The van der Waals surface area contributed by atoms with Crippen LogP contribution in [0, 0.1) is 18.6 Å². The second kappa shape index (κ2) is 9.40. The van der Waals surface area contributed by atoms with Crippen molar-refractivity contribution in [1.29, 1.82) is 0 Å². The zero-order chi connectivity index (χ0) is 24.5. The Morgan fingerprint density at radius 2 is 1.80 bits per heavy atom. The second-order valence-electron chi connectivity index (χ2n) is 8.00. The number of hydrogen-bond donors (Lipinski definition) is 2. The van der Waals surface area contributed by atoms with Crippen molar-refractivity contribution in [3.8, 4) is 22.6 Å². The van der Waals surface area contributed by atoms with E-state index in [4.69, 9.17) is 4.74 Å². The summed E-state index contributed by atoms with van der Waals surface area (Å²) in [7, 11) is 0. The summed E-state index contributed by atoms with van der Waals surface area (Å²) in [5.74, 6) is -1.91. The molecule has 0 radical (unpaired) electrons. The van der Waals surface area contributed by atoms with Gasteiger partial charge in [-0.05, 0) is 66.4 Å². The Bertz CT molecular complexity index is 1430. The molecular formula is C27H20F2N2O3S. The number of aryl methyl sites for hydroxylation is 1. The maximum absolute atomic E-state index is 14.2. The van der Waals surface area contributed by atoms with Crippen molar-refractivity contribution in [2.24, 2.45) is 0 Å². The molecule has 0 aliphatic carbocycles. The van der Waals surface area contributed by atoms with E-state index >= 15 is 0 Å². The van der Waals surface area contributed by atoms with E-state index in [1.165, 1.54) is 30.1 Å². The van der Waals surface area contributed by atoms with Crippen molar-refractivity contribution in [3.63, 3.8) is 0 Å². The average Bonchev–Trinajstić information content (AvgIpc) is 2.86. The molecule has 1 heterocycles. The first kappa shape index (κ1) is 22.9. The third-order valence-electron chi connectivity index (χ3n) is 5.70. The Labute approximate surface area is 205 Å². The number of nitrogens with zero attached hydrogens (tertiary/aromatic N) is 1. The molecule has 0 atom stereocenters. The number of nitrogens with one attached hydrogen (secondary N) is 1. The molecule has 8 heteroatoms. The molecule has 5 rings (SSSR count).